The van der Waals surface area contributed by atoms with Gasteiger partial charge in [-0.25, -0.2) is 14.2 Å². The molecule has 3 atom stereocenters. The number of para-hydroxylation sites is 1. The molecule has 16 heteroatoms. The number of carbonyl (C=O) groups is 3. The maximum Gasteiger partial charge on any atom is 0.417 e. The second kappa shape index (κ2) is 14.5. The van der Waals surface area contributed by atoms with E-state index in [4.69, 9.17) is 9.47 Å². The van der Waals surface area contributed by atoms with E-state index in [0.717, 1.165) is 6.07 Å². The van der Waals surface area contributed by atoms with Crippen LogP contribution in [0.4, 0.5) is 39.5 Å². The largest absolute Gasteiger partial charge is 0.444 e. The van der Waals surface area contributed by atoms with E-state index in [2.05, 4.69) is 10.3 Å². The quantitative estimate of drug-likeness (QED) is 0.420. The minimum atomic E-state index is -4.83. The van der Waals surface area contributed by atoms with E-state index in [1.807, 2.05) is 0 Å². The van der Waals surface area contributed by atoms with E-state index >= 15 is 4.39 Å². The zero-order valence-electron chi connectivity index (χ0n) is 28.5. The molecule has 0 bridgehead atoms. The number of ether oxygens (including phenoxy) is 2. The fourth-order valence-electron chi connectivity index (χ4n) is 5.99. The molecule has 266 valence electrons. The van der Waals surface area contributed by atoms with E-state index in [1.54, 1.807) is 44.9 Å². The lowest BCUT2D eigenvalue weighted by atomic mass is 10.0. The first kappa shape index (κ1) is 37.2. The first-order chi connectivity index (χ1) is 22.9. The van der Waals surface area contributed by atoms with Gasteiger partial charge in [-0.2, -0.15) is 18.4 Å². The van der Waals surface area contributed by atoms with Crippen LogP contribution in [0.5, 0.6) is 0 Å². The maximum atomic E-state index is 15.4. The smallest absolute Gasteiger partial charge is 0.417 e. The molecule has 49 heavy (non-hydrogen) atoms. The first-order valence-electron chi connectivity index (χ1n) is 15.7. The Morgan fingerprint density at radius 2 is 1.90 bits per heavy atom. The zero-order valence-corrected chi connectivity index (χ0v) is 28.5. The van der Waals surface area contributed by atoms with Crippen molar-refractivity contribution in [2.45, 2.75) is 58.0 Å². The Morgan fingerprint density at radius 3 is 2.51 bits per heavy atom. The summed E-state index contributed by atoms with van der Waals surface area (Å²) in [4.78, 5) is 49.8. The minimum Gasteiger partial charge on any atom is -0.444 e. The predicted octanol–water partition coefficient (Wildman–Crippen LogP) is 4.41. The molecule has 1 fully saturated rings. The van der Waals surface area contributed by atoms with Gasteiger partial charge in [-0.05, 0) is 52.3 Å². The first-order valence-corrected chi connectivity index (χ1v) is 15.7. The lowest BCUT2D eigenvalue weighted by Gasteiger charge is -2.37. The summed E-state index contributed by atoms with van der Waals surface area (Å²) in [5.41, 5.74) is -2.31. The maximum absolute atomic E-state index is 15.4. The summed E-state index contributed by atoms with van der Waals surface area (Å²) in [7, 11) is 4.47. The van der Waals surface area contributed by atoms with Crippen LogP contribution in [0.25, 0.3) is 0 Å². The SMILES string of the molecule is CO[C@H]1CN(C(=O)OC(C)(C)C)C[C@@H]1C(=O)N(C)CCN1CC[C@H](Nc2nc(C)cc(C(F)(F)F)c2C#N)C(=O)N(C)c2cccc(F)c21. The van der Waals surface area contributed by atoms with Gasteiger partial charge in [-0.1, -0.05) is 6.07 Å². The van der Waals surface area contributed by atoms with E-state index in [0.29, 0.717) is 0 Å². The Bertz CT molecular complexity index is 1620. The third-order valence-corrected chi connectivity index (χ3v) is 8.45. The topological polar surface area (TPSA) is 131 Å². The van der Waals surface area contributed by atoms with Crippen LogP contribution >= 0.6 is 0 Å². The van der Waals surface area contributed by atoms with Crippen molar-refractivity contribution in [3.05, 3.63) is 46.9 Å². The van der Waals surface area contributed by atoms with Crippen molar-refractivity contribution < 1.29 is 41.4 Å². The standard InChI is InChI=1S/C33H41F4N7O5/c1-19-15-22(33(35,36)37)20(16-38)28(39-19)40-24-11-12-43(27-23(34)9-8-10-25(27)42(6)30(24)46)14-13-41(5)29(45)21-17-44(18-26(21)48-7)31(47)49-32(2,3)4/h8-10,15,21,24,26H,11-14,17-18H2,1-7H3,(H,39,40)/t21-,24-,26-/m0/s1. The molecule has 2 aliphatic heterocycles. The van der Waals surface area contributed by atoms with Crippen LogP contribution in [0, 0.1) is 30.0 Å². The summed E-state index contributed by atoms with van der Waals surface area (Å²) in [5, 5.41) is 12.4. The Balaban J connectivity index is 1.56. The van der Waals surface area contributed by atoms with Crippen LogP contribution < -0.4 is 15.1 Å². The predicted molar refractivity (Wildman–Crippen MR) is 172 cm³/mol. The van der Waals surface area contributed by atoms with Crippen LogP contribution in [0.3, 0.4) is 0 Å². The average molecular weight is 692 g/mol. The van der Waals surface area contributed by atoms with Crippen LogP contribution in [0.1, 0.15) is 44.0 Å². The van der Waals surface area contributed by atoms with Gasteiger partial charge in [0.1, 0.15) is 34.9 Å². The number of rotatable bonds is 7. The molecule has 0 saturated carbocycles. The summed E-state index contributed by atoms with van der Waals surface area (Å²) in [6.07, 6.45) is -5.96. The number of likely N-dealkylation sites (N-methyl/N-ethyl adjacent to an activating group) is 2. The summed E-state index contributed by atoms with van der Waals surface area (Å²) in [6.45, 7) is 7.14. The molecule has 2 aliphatic rings. The van der Waals surface area contributed by atoms with E-state index in [-0.39, 0.29) is 67.9 Å². The number of likely N-dealkylation sites (tertiary alicyclic amines) is 1. The van der Waals surface area contributed by atoms with Gasteiger partial charge in [0.25, 0.3) is 0 Å². The number of nitrogens with one attached hydrogen (secondary N) is 1. The molecule has 0 spiro atoms. The highest BCUT2D eigenvalue weighted by molar-refractivity contribution is 6.01. The number of hydrogen-bond donors (Lipinski definition) is 1. The Labute approximate surface area is 282 Å². The molecule has 3 amide bonds. The van der Waals surface area contributed by atoms with Gasteiger partial charge in [0, 0.05) is 53.1 Å². The third-order valence-electron chi connectivity index (χ3n) is 8.45. The number of amides is 3. The molecule has 1 saturated heterocycles. The number of methoxy groups -OCH3 is 1. The Kier molecular flexibility index (Phi) is 11.0. The second-order valence-electron chi connectivity index (χ2n) is 13.1. The average Bonchev–Trinajstić information content (AvgIpc) is 3.46. The fraction of sp³-hybridized carbons (Fsp3) is 0.545. The highest BCUT2D eigenvalue weighted by Crippen LogP contribution is 2.37. The van der Waals surface area contributed by atoms with Crippen LogP contribution in [0.2, 0.25) is 0 Å². The van der Waals surface area contributed by atoms with Crippen molar-refractivity contribution in [3.63, 3.8) is 0 Å². The van der Waals surface area contributed by atoms with Crippen molar-refractivity contribution in [2.24, 2.45) is 5.92 Å². The number of benzene rings is 1. The van der Waals surface area contributed by atoms with E-state index in [9.17, 15) is 32.8 Å². The Morgan fingerprint density at radius 1 is 1.20 bits per heavy atom. The number of anilines is 3. The minimum absolute atomic E-state index is 0.00429. The number of nitrogens with zero attached hydrogens (tertiary/aromatic N) is 6. The number of pyridine rings is 1. The summed E-state index contributed by atoms with van der Waals surface area (Å²) in [5.74, 6) is -2.53. The van der Waals surface area contributed by atoms with E-state index in [1.165, 1.54) is 47.9 Å². The normalized spacial score (nSPS) is 19.9. The van der Waals surface area contributed by atoms with Gasteiger partial charge in [0.15, 0.2) is 0 Å². The monoisotopic (exact) mass is 691 g/mol. The summed E-state index contributed by atoms with van der Waals surface area (Å²) >= 11 is 0. The van der Waals surface area contributed by atoms with Crippen LogP contribution in [0.15, 0.2) is 24.3 Å². The highest BCUT2D eigenvalue weighted by Gasteiger charge is 2.43. The molecule has 0 aliphatic carbocycles. The lowest BCUT2D eigenvalue weighted by Crippen LogP contribution is -2.48. The van der Waals surface area contributed by atoms with Gasteiger partial charge < -0.3 is 34.4 Å². The third kappa shape index (κ3) is 8.33. The molecule has 0 unspecified atom stereocenters. The zero-order chi connectivity index (χ0) is 36.4. The molecule has 1 aromatic carbocycles. The van der Waals surface area contributed by atoms with Crippen molar-refractivity contribution in [3.8, 4) is 6.07 Å². The number of nitriles is 1. The molecule has 4 rings (SSSR count). The van der Waals surface area contributed by atoms with Crippen molar-refractivity contribution >= 4 is 35.1 Å². The summed E-state index contributed by atoms with van der Waals surface area (Å²) in [6, 6.07) is 5.42. The molecule has 0 radical (unpaired) electrons. The molecule has 3 heterocycles. The van der Waals surface area contributed by atoms with Crippen molar-refractivity contribution in [1.29, 1.82) is 5.26 Å². The molecular weight excluding hydrogens is 650 g/mol. The number of hydrogen-bond acceptors (Lipinski definition) is 9. The number of alkyl halides is 3. The molecular formula is C33H41F4N7O5. The highest BCUT2D eigenvalue weighted by atomic mass is 19.4. The van der Waals surface area contributed by atoms with Gasteiger partial charge in [-0.15, -0.1) is 0 Å². The van der Waals surface area contributed by atoms with Gasteiger partial charge >= 0.3 is 12.3 Å². The molecule has 1 aromatic heterocycles. The fourth-order valence-corrected chi connectivity index (χ4v) is 5.99. The second-order valence-corrected chi connectivity index (χ2v) is 13.1. The number of aromatic nitrogens is 1. The van der Waals surface area contributed by atoms with E-state index < -0.39 is 58.8 Å². The number of aryl methyl sites for hydroxylation is 1. The van der Waals surface area contributed by atoms with Crippen LogP contribution in [-0.2, 0) is 25.2 Å². The van der Waals surface area contributed by atoms with Gasteiger partial charge in [0.2, 0.25) is 11.8 Å². The van der Waals surface area contributed by atoms with Gasteiger partial charge in [-0.3, -0.25) is 9.59 Å². The number of fused-ring (bicyclic) bond motifs is 1. The number of halogens is 4. The Hall–Kier alpha value is -4.65. The lowest BCUT2D eigenvalue weighted by molar-refractivity contribution is -0.138. The molecule has 2 aromatic rings. The summed E-state index contributed by atoms with van der Waals surface area (Å²) < 4.78 is 67.7. The molecule has 12 nitrogen and oxygen atoms in total. The molecule has 1 N–H and O–H groups in total. The van der Waals surface area contributed by atoms with Crippen molar-refractivity contribution in [2.75, 3.05) is 69.0 Å². The number of carbonyl (C=O) groups excluding carboxylic acids is 3. The van der Waals surface area contributed by atoms with Gasteiger partial charge in [0.05, 0.1) is 35.5 Å². The van der Waals surface area contributed by atoms with Crippen molar-refractivity contribution in [1.82, 2.24) is 14.8 Å². The van der Waals surface area contributed by atoms with Crippen LogP contribution in [-0.4, -0.2) is 104 Å².